The van der Waals surface area contributed by atoms with Crippen LogP contribution in [0.15, 0.2) is 60.7 Å². The van der Waals surface area contributed by atoms with Crippen LogP contribution in [0.25, 0.3) is 0 Å². The molecule has 8 heteroatoms. The maximum absolute atomic E-state index is 14.0. The molecule has 30 heavy (non-hydrogen) atoms. The van der Waals surface area contributed by atoms with Crippen molar-refractivity contribution < 1.29 is 37.3 Å². The normalized spacial score (nSPS) is 10.1. The predicted molar refractivity (Wildman–Crippen MR) is 105 cm³/mol. The molecule has 0 heterocycles. The van der Waals surface area contributed by atoms with Gasteiger partial charge in [0.05, 0.1) is 0 Å². The molecule has 2 aromatic rings. The molecule has 0 fully saturated rings. The van der Waals surface area contributed by atoms with Crippen molar-refractivity contribution in [2.75, 3.05) is 13.2 Å². The third-order valence-electron chi connectivity index (χ3n) is 3.52. The van der Waals surface area contributed by atoms with Crippen LogP contribution in [0.3, 0.4) is 0 Å². The molecule has 6 nitrogen and oxygen atoms in total. The average molecular weight is 418 g/mol. The lowest BCUT2D eigenvalue weighted by Crippen LogP contribution is -2.11. The van der Waals surface area contributed by atoms with E-state index < -0.39 is 23.6 Å². The minimum Gasteiger partial charge on any atom is -0.487 e. The SMILES string of the molecule is C=C(C)C(=O)Oc1ccc(OCCOc2ccc(OC(=O)C(=C)C)cc2F)c(F)c1. The van der Waals surface area contributed by atoms with Gasteiger partial charge in [0.25, 0.3) is 0 Å². The van der Waals surface area contributed by atoms with Crippen LogP contribution >= 0.6 is 0 Å². The van der Waals surface area contributed by atoms with Crippen LogP contribution in [0, 0.1) is 11.6 Å². The highest BCUT2D eigenvalue weighted by Gasteiger charge is 2.12. The highest BCUT2D eigenvalue weighted by atomic mass is 19.1. The molecule has 2 rings (SSSR count). The first kappa shape index (κ1) is 22.6. The molecule has 0 radical (unpaired) electrons. The molecule has 0 aliphatic heterocycles. The van der Waals surface area contributed by atoms with Gasteiger partial charge in [-0.25, -0.2) is 18.4 Å². The number of carbonyl (C=O) groups excluding carboxylic acids is 2. The number of ether oxygens (including phenoxy) is 4. The molecule has 0 bridgehead atoms. The standard InChI is InChI=1S/C22H20F2O6/c1-13(2)21(25)29-15-5-7-19(17(23)11-15)27-9-10-28-20-8-6-16(12-18(20)24)30-22(26)14(3)4/h5-8,11-12H,1,3,9-10H2,2,4H3. The summed E-state index contributed by atoms with van der Waals surface area (Å²) in [6.07, 6.45) is 0. The molecule has 0 atom stereocenters. The maximum Gasteiger partial charge on any atom is 0.338 e. The smallest absolute Gasteiger partial charge is 0.338 e. The van der Waals surface area contributed by atoms with E-state index in [1.165, 1.54) is 38.1 Å². The topological polar surface area (TPSA) is 71.1 Å². The molecule has 0 aliphatic carbocycles. The van der Waals surface area contributed by atoms with E-state index in [-0.39, 0.29) is 47.4 Å². The Morgan fingerprint density at radius 2 is 1.13 bits per heavy atom. The van der Waals surface area contributed by atoms with Crippen molar-refractivity contribution in [1.29, 1.82) is 0 Å². The van der Waals surface area contributed by atoms with Crippen LogP contribution in [0.5, 0.6) is 23.0 Å². The lowest BCUT2D eigenvalue weighted by molar-refractivity contribution is -0.131. The summed E-state index contributed by atoms with van der Waals surface area (Å²) in [7, 11) is 0. The molecule has 0 amide bonds. The average Bonchev–Trinajstić information content (AvgIpc) is 2.67. The first-order chi connectivity index (χ1) is 14.2. The number of hydrogen-bond acceptors (Lipinski definition) is 6. The Hall–Kier alpha value is -3.68. The Labute approximate surface area is 172 Å². The second kappa shape index (κ2) is 10.2. The minimum absolute atomic E-state index is 0.0126. The number of rotatable bonds is 9. The van der Waals surface area contributed by atoms with Crippen molar-refractivity contribution >= 4 is 11.9 Å². The summed E-state index contributed by atoms with van der Waals surface area (Å²) in [6, 6.07) is 7.32. The van der Waals surface area contributed by atoms with Gasteiger partial charge in [-0.1, -0.05) is 13.2 Å². The summed E-state index contributed by atoms with van der Waals surface area (Å²) in [5.74, 6) is -2.96. The zero-order valence-corrected chi connectivity index (χ0v) is 16.5. The summed E-state index contributed by atoms with van der Waals surface area (Å²) in [5, 5.41) is 0. The summed E-state index contributed by atoms with van der Waals surface area (Å²) in [4.78, 5) is 22.9. The van der Waals surface area contributed by atoms with E-state index in [0.29, 0.717) is 0 Å². The van der Waals surface area contributed by atoms with Gasteiger partial charge in [0.15, 0.2) is 23.1 Å². The van der Waals surface area contributed by atoms with Gasteiger partial charge in [-0.05, 0) is 38.1 Å². The molecular weight excluding hydrogens is 398 g/mol. The molecule has 0 aromatic heterocycles. The molecule has 0 spiro atoms. The molecule has 0 aliphatic rings. The monoisotopic (exact) mass is 418 g/mol. The zero-order chi connectivity index (χ0) is 22.3. The van der Waals surface area contributed by atoms with Crippen molar-refractivity contribution in [2.45, 2.75) is 13.8 Å². The Balaban J connectivity index is 1.86. The van der Waals surface area contributed by atoms with E-state index in [9.17, 15) is 18.4 Å². The maximum atomic E-state index is 14.0. The fourth-order valence-corrected chi connectivity index (χ4v) is 2.02. The van der Waals surface area contributed by atoms with Crippen LogP contribution in [0.1, 0.15) is 13.8 Å². The third-order valence-corrected chi connectivity index (χ3v) is 3.52. The lowest BCUT2D eigenvalue weighted by atomic mass is 10.3. The van der Waals surface area contributed by atoms with E-state index in [0.717, 1.165) is 12.1 Å². The van der Waals surface area contributed by atoms with Crippen molar-refractivity contribution in [2.24, 2.45) is 0 Å². The minimum atomic E-state index is -0.739. The van der Waals surface area contributed by atoms with Gasteiger partial charge in [-0.2, -0.15) is 0 Å². The summed E-state index contributed by atoms with van der Waals surface area (Å²) in [6.45, 7) is 9.67. The molecule has 0 unspecified atom stereocenters. The van der Waals surface area contributed by atoms with E-state index >= 15 is 0 Å². The Kier molecular flexibility index (Phi) is 7.69. The van der Waals surface area contributed by atoms with Crippen molar-refractivity contribution in [3.05, 3.63) is 72.3 Å². The summed E-state index contributed by atoms with van der Waals surface area (Å²) in [5.41, 5.74) is 0.365. The number of benzene rings is 2. The van der Waals surface area contributed by atoms with Gasteiger partial charge < -0.3 is 18.9 Å². The van der Waals surface area contributed by atoms with Crippen LogP contribution in [-0.2, 0) is 9.59 Å². The second-order valence-electron chi connectivity index (χ2n) is 6.22. The first-order valence-corrected chi connectivity index (χ1v) is 8.77. The van der Waals surface area contributed by atoms with Gasteiger partial charge in [0, 0.05) is 23.3 Å². The number of hydrogen-bond donors (Lipinski definition) is 0. The molecule has 0 N–H and O–H groups in total. The Morgan fingerprint density at radius 1 is 0.767 bits per heavy atom. The number of carbonyl (C=O) groups is 2. The third kappa shape index (κ3) is 6.44. The first-order valence-electron chi connectivity index (χ1n) is 8.77. The molecule has 0 saturated heterocycles. The van der Waals surface area contributed by atoms with E-state index in [2.05, 4.69) is 13.2 Å². The summed E-state index contributed by atoms with van der Waals surface area (Å²) < 4.78 is 48.4. The van der Waals surface area contributed by atoms with Gasteiger partial charge >= 0.3 is 11.9 Å². The quantitative estimate of drug-likeness (QED) is 0.260. The predicted octanol–water partition coefficient (Wildman–Crippen LogP) is 4.39. The Bertz CT molecular complexity index is 904. The van der Waals surface area contributed by atoms with Crippen LogP contribution in [0.2, 0.25) is 0 Å². The fourth-order valence-electron chi connectivity index (χ4n) is 2.02. The van der Waals surface area contributed by atoms with Gasteiger partial charge in [-0.3, -0.25) is 0 Å². The molecular formula is C22H20F2O6. The summed E-state index contributed by atoms with van der Waals surface area (Å²) >= 11 is 0. The lowest BCUT2D eigenvalue weighted by Gasteiger charge is -2.11. The highest BCUT2D eigenvalue weighted by molar-refractivity contribution is 5.89. The van der Waals surface area contributed by atoms with Crippen molar-refractivity contribution in [3.8, 4) is 23.0 Å². The molecule has 0 saturated carbocycles. The second-order valence-corrected chi connectivity index (χ2v) is 6.22. The molecule has 158 valence electrons. The van der Waals surface area contributed by atoms with E-state index in [1.807, 2.05) is 0 Å². The van der Waals surface area contributed by atoms with Gasteiger partial charge in [0.2, 0.25) is 0 Å². The van der Waals surface area contributed by atoms with Crippen molar-refractivity contribution in [3.63, 3.8) is 0 Å². The number of halogens is 2. The van der Waals surface area contributed by atoms with Crippen LogP contribution in [0.4, 0.5) is 8.78 Å². The Morgan fingerprint density at radius 3 is 1.43 bits per heavy atom. The number of esters is 2. The fraction of sp³-hybridized carbons (Fsp3) is 0.182. The van der Waals surface area contributed by atoms with E-state index in [4.69, 9.17) is 18.9 Å². The van der Waals surface area contributed by atoms with Crippen LogP contribution in [-0.4, -0.2) is 25.2 Å². The molecule has 2 aromatic carbocycles. The highest BCUT2D eigenvalue weighted by Crippen LogP contribution is 2.25. The van der Waals surface area contributed by atoms with Gasteiger partial charge in [0.1, 0.15) is 24.7 Å². The van der Waals surface area contributed by atoms with Crippen LogP contribution < -0.4 is 18.9 Å². The largest absolute Gasteiger partial charge is 0.487 e. The van der Waals surface area contributed by atoms with E-state index in [1.54, 1.807) is 0 Å². The van der Waals surface area contributed by atoms with Gasteiger partial charge in [-0.15, -0.1) is 0 Å². The van der Waals surface area contributed by atoms with Crippen molar-refractivity contribution in [1.82, 2.24) is 0 Å². The zero-order valence-electron chi connectivity index (χ0n) is 16.5.